The molecule has 4 rings (SSSR count). The Kier molecular flexibility index (Phi) is 6.79. The fraction of sp³-hybridized carbons (Fsp3) is 0.348. The van der Waals surface area contributed by atoms with Gasteiger partial charge in [-0.05, 0) is 24.3 Å². The number of hydrogen-bond donors (Lipinski definition) is 1. The second-order valence-electron chi connectivity index (χ2n) is 7.22. The molecule has 0 saturated heterocycles. The van der Waals surface area contributed by atoms with Gasteiger partial charge in [-0.3, -0.25) is 14.5 Å². The summed E-state index contributed by atoms with van der Waals surface area (Å²) < 4.78 is 18.1. The summed E-state index contributed by atoms with van der Waals surface area (Å²) in [6.45, 7) is 1.99. The summed E-state index contributed by atoms with van der Waals surface area (Å²) in [5.41, 5.74) is 2.39. The van der Waals surface area contributed by atoms with Crippen LogP contribution in [0.15, 0.2) is 42.5 Å². The topological polar surface area (TPSA) is 103 Å². The monoisotopic (exact) mass is 439 g/mol. The molecule has 2 amide bonds. The quantitative estimate of drug-likeness (QED) is 0.359. The van der Waals surface area contributed by atoms with Gasteiger partial charge >= 0.3 is 0 Å². The Hall–Kier alpha value is -3.27. The highest BCUT2D eigenvalue weighted by Gasteiger charge is 2.36. The van der Waals surface area contributed by atoms with Gasteiger partial charge in [0.15, 0.2) is 0 Å². The lowest BCUT2D eigenvalue weighted by Crippen LogP contribution is -2.30. The summed E-state index contributed by atoms with van der Waals surface area (Å²) in [6.07, 6.45) is 0. The Morgan fingerprint density at radius 2 is 1.62 bits per heavy atom. The second kappa shape index (κ2) is 9.90. The van der Waals surface area contributed by atoms with E-state index in [9.17, 15) is 9.59 Å². The van der Waals surface area contributed by atoms with E-state index in [1.54, 1.807) is 31.4 Å². The number of aromatic nitrogens is 2. The highest BCUT2D eigenvalue weighted by atomic mass is 16.5. The van der Waals surface area contributed by atoms with Crippen molar-refractivity contribution >= 4 is 22.8 Å². The van der Waals surface area contributed by atoms with Crippen molar-refractivity contribution in [2.75, 3.05) is 40.1 Å². The molecular weight excluding hydrogens is 414 g/mol. The Labute approximate surface area is 185 Å². The Morgan fingerprint density at radius 3 is 2.28 bits per heavy atom. The largest absolute Gasteiger partial charge is 0.497 e. The van der Waals surface area contributed by atoms with Crippen molar-refractivity contribution in [2.45, 2.75) is 13.1 Å². The summed E-state index contributed by atoms with van der Waals surface area (Å²) in [5.74, 6) is 0.618. The molecule has 0 saturated carbocycles. The van der Waals surface area contributed by atoms with Crippen LogP contribution in [-0.4, -0.2) is 71.5 Å². The third-order valence-electron chi connectivity index (χ3n) is 5.28. The number of nitrogens with zero attached hydrogens (tertiary/aromatic N) is 3. The first-order valence-electron chi connectivity index (χ1n) is 10.4. The van der Waals surface area contributed by atoms with Crippen LogP contribution in [0.1, 0.15) is 26.5 Å². The molecule has 2 heterocycles. The summed E-state index contributed by atoms with van der Waals surface area (Å²) in [5, 5.41) is 8.74. The smallest absolute Gasteiger partial charge is 0.261 e. The molecule has 0 atom stereocenters. The van der Waals surface area contributed by atoms with Crippen LogP contribution >= 0.6 is 0 Å². The lowest BCUT2D eigenvalue weighted by Gasteiger charge is -2.15. The first-order valence-corrected chi connectivity index (χ1v) is 10.4. The molecule has 9 nitrogen and oxygen atoms in total. The van der Waals surface area contributed by atoms with E-state index in [0.717, 1.165) is 5.52 Å². The minimum Gasteiger partial charge on any atom is -0.497 e. The number of carbonyl (C=O) groups excluding carboxylic acids is 2. The average molecular weight is 439 g/mol. The molecule has 1 N–H and O–H groups in total. The summed E-state index contributed by atoms with van der Waals surface area (Å²) in [6, 6.07) is 12.4. The number of imidazole rings is 1. The molecule has 1 aliphatic heterocycles. The first-order chi connectivity index (χ1) is 15.6. The number of benzene rings is 2. The van der Waals surface area contributed by atoms with Gasteiger partial charge in [-0.1, -0.05) is 12.1 Å². The molecular formula is C23H25N3O6. The maximum absolute atomic E-state index is 12.8. The number of aliphatic hydroxyl groups excluding tert-OH is 1. The molecule has 0 radical (unpaired) electrons. The van der Waals surface area contributed by atoms with Gasteiger partial charge in [0.1, 0.15) is 11.6 Å². The molecule has 3 aromatic rings. The molecule has 32 heavy (non-hydrogen) atoms. The predicted octanol–water partition coefficient (Wildman–Crippen LogP) is 1.87. The highest BCUT2D eigenvalue weighted by molar-refractivity contribution is 6.21. The molecule has 0 bridgehead atoms. The summed E-state index contributed by atoms with van der Waals surface area (Å²) in [4.78, 5) is 31.5. The third kappa shape index (κ3) is 4.36. The fourth-order valence-corrected chi connectivity index (χ4v) is 3.72. The summed E-state index contributed by atoms with van der Waals surface area (Å²) >= 11 is 0. The number of amides is 2. The van der Waals surface area contributed by atoms with Crippen molar-refractivity contribution in [3.8, 4) is 5.75 Å². The molecule has 168 valence electrons. The van der Waals surface area contributed by atoms with Crippen LogP contribution in [-0.2, 0) is 22.6 Å². The maximum atomic E-state index is 12.8. The van der Waals surface area contributed by atoms with E-state index in [0.29, 0.717) is 54.6 Å². The predicted molar refractivity (Wildman–Crippen MR) is 116 cm³/mol. The molecule has 0 fully saturated rings. The molecule has 2 aromatic carbocycles. The third-order valence-corrected chi connectivity index (χ3v) is 5.28. The van der Waals surface area contributed by atoms with E-state index < -0.39 is 0 Å². The Balaban J connectivity index is 1.54. The van der Waals surface area contributed by atoms with Crippen LogP contribution < -0.4 is 4.74 Å². The van der Waals surface area contributed by atoms with Crippen molar-refractivity contribution in [2.24, 2.45) is 0 Å². The van der Waals surface area contributed by atoms with Gasteiger partial charge < -0.3 is 23.9 Å². The average Bonchev–Trinajstić information content (AvgIpc) is 3.28. The van der Waals surface area contributed by atoms with Crippen LogP contribution in [0.25, 0.3) is 11.0 Å². The number of carbonyl (C=O) groups is 2. The minimum absolute atomic E-state index is 0.0222. The first kappa shape index (κ1) is 21.9. The zero-order chi connectivity index (χ0) is 22.5. The zero-order valence-electron chi connectivity index (χ0n) is 17.8. The zero-order valence-corrected chi connectivity index (χ0v) is 17.8. The number of imide groups is 1. The normalized spacial score (nSPS) is 13.2. The molecule has 1 aliphatic rings. The van der Waals surface area contributed by atoms with E-state index in [2.05, 4.69) is 4.98 Å². The van der Waals surface area contributed by atoms with Crippen molar-refractivity contribution in [1.29, 1.82) is 0 Å². The Bertz CT molecular complexity index is 1090. The van der Waals surface area contributed by atoms with Gasteiger partial charge in [-0.2, -0.15) is 0 Å². The SMILES string of the molecule is COc1ccc2c(c1)nc(CN1C(=O)c3ccccc3C1=O)n2CCOCCOCCO. The van der Waals surface area contributed by atoms with Crippen LogP contribution in [0.2, 0.25) is 0 Å². The number of rotatable bonds is 11. The molecule has 0 aliphatic carbocycles. The van der Waals surface area contributed by atoms with Gasteiger partial charge in [-0.25, -0.2) is 4.98 Å². The van der Waals surface area contributed by atoms with Crippen LogP contribution in [0.4, 0.5) is 0 Å². The van der Waals surface area contributed by atoms with Gasteiger partial charge in [0.25, 0.3) is 11.8 Å². The van der Waals surface area contributed by atoms with E-state index in [4.69, 9.17) is 19.3 Å². The molecule has 0 spiro atoms. The number of fused-ring (bicyclic) bond motifs is 2. The van der Waals surface area contributed by atoms with Gasteiger partial charge in [0.05, 0.1) is 68.8 Å². The number of ether oxygens (including phenoxy) is 3. The number of hydrogen-bond acceptors (Lipinski definition) is 7. The fourth-order valence-electron chi connectivity index (χ4n) is 3.72. The van der Waals surface area contributed by atoms with E-state index in [1.165, 1.54) is 4.90 Å². The van der Waals surface area contributed by atoms with Gasteiger partial charge in [0.2, 0.25) is 0 Å². The second-order valence-corrected chi connectivity index (χ2v) is 7.22. The van der Waals surface area contributed by atoms with Crippen LogP contribution in [0, 0.1) is 0 Å². The van der Waals surface area contributed by atoms with Crippen molar-refractivity contribution < 1.29 is 28.9 Å². The van der Waals surface area contributed by atoms with Gasteiger partial charge in [0, 0.05) is 12.6 Å². The van der Waals surface area contributed by atoms with Crippen LogP contribution in [0.3, 0.4) is 0 Å². The standard InChI is InChI=1S/C23H25N3O6/c1-30-16-6-7-20-19(14-16)24-21(25(20)8-10-31-12-13-32-11-9-27)15-26-22(28)17-4-2-3-5-18(17)23(26)29/h2-7,14,27H,8-13,15H2,1H3. The Morgan fingerprint density at radius 1 is 0.938 bits per heavy atom. The van der Waals surface area contributed by atoms with Crippen molar-refractivity contribution in [1.82, 2.24) is 14.5 Å². The highest BCUT2D eigenvalue weighted by Crippen LogP contribution is 2.27. The molecule has 1 aromatic heterocycles. The maximum Gasteiger partial charge on any atom is 0.261 e. The molecule has 0 unspecified atom stereocenters. The van der Waals surface area contributed by atoms with Crippen molar-refractivity contribution in [3.05, 3.63) is 59.4 Å². The lowest BCUT2D eigenvalue weighted by molar-refractivity contribution is 0.0309. The molecule has 9 heteroatoms. The van der Waals surface area contributed by atoms with E-state index in [1.807, 2.05) is 22.8 Å². The van der Waals surface area contributed by atoms with Crippen LogP contribution in [0.5, 0.6) is 5.75 Å². The van der Waals surface area contributed by atoms with E-state index >= 15 is 0 Å². The number of methoxy groups -OCH3 is 1. The number of aliphatic hydroxyl groups is 1. The lowest BCUT2D eigenvalue weighted by atomic mass is 10.1. The minimum atomic E-state index is -0.320. The van der Waals surface area contributed by atoms with Crippen molar-refractivity contribution in [3.63, 3.8) is 0 Å². The van der Waals surface area contributed by atoms with E-state index in [-0.39, 0.29) is 31.6 Å². The van der Waals surface area contributed by atoms with Gasteiger partial charge in [-0.15, -0.1) is 0 Å². The summed E-state index contributed by atoms with van der Waals surface area (Å²) in [7, 11) is 1.59.